The number of aromatic hydroxyl groups is 1. The summed E-state index contributed by atoms with van der Waals surface area (Å²) in [7, 11) is 0. The first-order chi connectivity index (χ1) is 11.7. The zero-order chi connectivity index (χ0) is 16.8. The lowest BCUT2D eigenvalue weighted by molar-refractivity contribution is 0.474. The number of rotatable bonds is 7. The monoisotopic (exact) mass is 321 g/mol. The molecule has 0 saturated carbocycles. The molecule has 0 aliphatic carbocycles. The molecule has 3 rings (SSSR count). The van der Waals surface area contributed by atoms with E-state index in [9.17, 15) is 5.11 Å². The molecule has 1 heterocycles. The zero-order valence-electron chi connectivity index (χ0n) is 13.9. The Morgan fingerprint density at radius 1 is 1.00 bits per heavy atom. The number of benzene rings is 2. The van der Waals surface area contributed by atoms with Crippen LogP contribution in [0.25, 0.3) is 0 Å². The Labute approximate surface area is 142 Å². The largest absolute Gasteiger partial charge is 0.508 e. The van der Waals surface area contributed by atoms with E-state index in [0.29, 0.717) is 11.8 Å². The van der Waals surface area contributed by atoms with E-state index in [2.05, 4.69) is 35.5 Å². The van der Waals surface area contributed by atoms with Crippen LogP contribution in [0.15, 0.2) is 66.9 Å². The number of nitrogens with zero attached hydrogens (tertiary/aromatic N) is 2. The van der Waals surface area contributed by atoms with Crippen molar-refractivity contribution in [2.45, 2.75) is 32.5 Å². The van der Waals surface area contributed by atoms with Gasteiger partial charge in [0.15, 0.2) is 0 Å². The summed E-state index contributed by atoms with van der Waals surface area (Å²) in [5.74, 6) is 0.309. The van der Waals surface area contributed by atoms with E-state index < -0.39 is 0 Å². The Bertz CT molecular complexity index is 750. The van der Waals surface area contributed by atoms with Crippen LogP contribution in [0.1, 0.15) is 23.7 Å². The van der Waals surface area contributed by atoms with Crippen LogP contribution in [0.3, 0.4) is 0 Å². The van der Waals surface area contributed by atoms with E-state index in [0.717, 1.165) is 25.2 Å². The first kappa shape index (κ1) is 16.3. The van der Waals surface area contributed by atoms with E-state index in [-0.39, 0.29) is 0 Å². The highest BCUT2D eigenvalue weighted by Crippen LogP contribution is 2.11. The van der Waals surface area contributed by atoms with Gasteiger partial charge in [0.05, 0.1) is 12.2 Å². The predicted octanol–water partition coefficient (Wildman–Crippen LogP) is 3.36. The SMILES string of the molecule is CC(Cc1ccc(O)cc1)NCc1ccn(Cc2ccccc2)n1. The van der Waals surface area contributed by atoms with Gasteiger partial charge in [-0.1, -0.05) is 42.5 Å². The Morgan fingerprint density at radius 2 is 1.75 bits per heavy atom. The molecule has 0 saturated heterocycles. The van der Waals surface area contributed by atoms with Gasteiger partial charge >= 0.3 is 0 Å². The number of phenolic OH excluding ortho intramolecular Hbond substituents is 1. The summed E-state index contributed by atoms with van der Waals surface area (Å²) in [4.78, 5) is 0. The van der Waals surface area contributed by atoms with Crippen LogP contribution in [0.4, 0.5) is 0 Å². The van der Waals surface area contributed by atoms with E-state index >= 15 is 0 Å². The molecular formula is C20H23N3O. The molecule has 0 spiro atoms. The lowest BCUT2D eigenvalue weighted by Gasteiger charge is -2.13. The fraction of sp³-hybridized carbons (Fsp3) is 0.250. The Balaban J connectivity index is 1.49. The van der Waals surface area contributed by atoms with Crippen LogP contribution in [0.5, 0.6) is 5.75 Å². The molecule has 1 atom stereocenters. The maximum atomic E-state index is 9.32. The minimum Gasteiger partial charge on any atom is -0.508 e. The van der Waals surface area contributed by atoms with Crippen molar-refractivity contribution in [2.24, 2.45) is 0 Å². The van der Waals surface area contributed by atoms with Crippen LogP contribution >= 0.6 is 0 Å². The zero-order valence-corrected chi connectivity index (χ0v) is 13.9. The fourth-order valence-corrected chi connectivity index (χ4v) is 2.69. The molecule has 124 valence electrons. The average molecular weight is 321 g/mol. The molecule has 4 nitrogen and oxygen atoms in total. The number of phenols is 1. The topological polar surface area (TPSA) is 50.1 Å². The van der Waals surface area contributed by atoms with Crippen molar-refractivity contribution in [3.05, 3.63) is 83.7 Å². The molecule has 0 bridgehead atoms. The van der Waals surface area contributed by atoms with Gasteiger partial charge in [0.25, 0.3) is 0 Å². The fourth-order valence-electron chi connectivity index (χ4n) is 2.69. The minimum atomic E-state index is 0.309. The average Bonchev–Trinajstić information content (AvgIpc) is 3.03. The first-order valence-corrected chi connectivity index (χ1v) is 8.26. The van der Waals surface area contributed by atoms with Crippen molar-refractivity contribution >= 4 is 0 Å². The molecule has 2 aromatic carbocycles. The second-order valence-electron chi connectivity index (χ2n) is 6.14. The smallest absolute Gasteiger partial charge is 0.115 e. The highest BCUT2D eigenvalue weighted by molar-refractivity contribution is 5.26. The molecule has 0 radical (unpaired) electrons. The first-order valence-electron chi connectivity index (χ1n) is 8.26. The Kier molecular flexibility index (Phi) is 5.29. The summed E-state index contributed by atoms with van der Waals surface area (Å²) in [6.07, 6.45) is 2.94. The molecule has 2 N–H and O–H groups in total. The highest BCUT2D eigenvalue weighted by Gasteiger charge is 2.05. The van der Waals surface area contributed by atoms with Crippen LogP contribution in [-0.4, -0.2) is 20.9 Å². The van der Waals surface area contributed by atoms with Gasteiger partial charge in [-0.15, -0.1) is 0 Å². The van der Waals surface area contributed by atoms with Gasteiger partial charge in [-0.05, 0) is 42.7 Å². The third-order valence-electron chi connectivity index (χ3n) is 3.99. The molecule has 24 heavy (non-hydrogen) atoms. The van der Waals surface area contributed by atoms with Gasteiger partial charge in [-0.2, -0.15) is 5.10 Å². The number of hydrogen-bond acceptors (Lipinski definition) is 3. The summed E-state index contributed by atoms with van der Waals surface area (Å²) in [5, 5.41) is 17.4. The summed E-state index contributed by atoms with van der Waals surface area (Å²) < 4.78 is 1.97. The minimum absolute atomic E-state index is 0.309. The van der Waals surface area contributed by atoms with Crippen molar-refractivity contribution in [2.75, 3.05) is 0 Å². The van der Waals surface area contributed by atoms with Gasteiger partial charge in [-0.3, -0.25) is 4.68 Å². The molecule has 0 amide bonds. The number of nitrogens with one attached hydrogen (secondary N) is 1. The molecule has 0 aliphatic heterocycles. The van der Waals surface area contributed by atoms with E-state index in [1.54, 1.807) is 12.1 Å². The van der Waals surface area contributed by atoms with Gasteiger partial charge in [0, 0.05) is 18.8 Å². The lowest BCUT2D eigenvalue weighted by Crippen LogP contribution is -2.27. The quantitative estimate of drug-likeness (QED) is 0.701. The van der Waals surface area contributed by atoms with Crippen LogP contribution in [0.2, 0.25) is 0 Å². The lowest BCUT2D eigenvalue weighted by atomic mass is 10.1. The third-order valence-corrected chi connectivity index (χ3v) is 3.99. The van der Waals surface area contributed by atoms with E-state index in [4.69, 9.17) is 0 Å². The van der Waals surface area contributed by atoms with Gasteiger partial charge in [-0.25, -0.2) is 0 Å². The second kappa shape index (κ2) is 7.79. The molecule has 3 aromatic rings. The van der Waals surface area contributed by atoms with Gasteiger partial charge in [0.1, 0.15) is 5.75 Å². The van der Waals surface area contributed by atoms with Gasteiger partial charge < -0.3 is 10.4 Å². The third kappa shape index (κ3) is 4.70. The summed E-state index contributed by atoms with van der Waals surface area (Å²) in [6, 6.07) is 20.1. The van der Waals surface area contributed by atoms with E-state index in [1.165, 1.54) is 11.1 Å². The van der Waals surface area contributed by atoms with Crippen molar-refractivity contribution in [3.63, 3.8) is 0 Å². The van der Waals surface area contributed by atoms with E-state index in [1.807, 2.05) is 41.2 Å². The highest BCUT2D eigenvalue weighted by atomic mass is 16.3. The molecule has 0 aliphatic rings. The molecule has 1 aromatic heterocycles. The van der Waals surface area contributed by atoms with Crippen molar-refractivity contribution in [1.82, 2.24) is 15.1 Å². The molecule has 0 fully saturated rings. The van der Waals surface area contributed by atoms with Crippen molar-refractivity contribution in [1.29, 1.82) is 0 Å². The van der Waals surface area contributed by atoms with Crippen molar-refractivity contribution in [3.8, 4) is 5.75 Å². The summed E-state index contributed by atoms with van der Waals surface area (Å²) >= 11 is 0. The Hall–Kier alpha value is -2.59. The number of hydrogen-bond donors (Lipinski definition) is 2. The second-order valence-corrected chi connectivity index (χ2v) is 6.14. The van der Waals surface area contributed by atoms with Crippen LogP contribution in [-0.2, 0) is 19.5 Å². The predicted molar refractivity (Wildman–Crippen MR) is 95.9 cm³/mol. The Morgan fingerprint density at radius 3 is 2.50 bits per heavy atom. The van der Waals surface area contributed by atoms with Gasteiger partial charge in [0.2, 0.25) is 0 Å². The molecule has 1 unspecified atom stereocenters. The molecular weight excluding hydrogens is 298 g/mol. The van der Waals surface area contributed by atoms with Crippen LogP contribution < -0.4 is 5.32 Å². The maximum Gasteiger partial charge on any atom is 0.115 e. The van der Waals surface area contributed by atoms with Crippen LogP contribution in [0, 0.1) is 0 Å². The maximum absolute atomic E-state index is 9.32. The van der Waals surface area contributed by atoms with Crippen molar-refractivity contribution < 1.29 is 5.11 Å². The summed E-state index contributed by atoms with van der Waals surface area (Å²) in [5.41, 5.74) is 3.51. The summed E-state index contributed by atoms with van der Waals surface area (Å²) in [6.45, 7) is 3.71. The number of aromatic nitrogens is 2. The molecule has 4 heteroatoms. The normalized spacial score (nSPS) is 12.2. The standard InChI is InChI=1S/C20H23N3O/c1-16(13-17-7-9-20(24)10-8-17)21-14-19-11-12-23(22-19)15-18-5-3-2-4-6-18/h2-12,16,21,24H,13-15H2,1H3.